The van der Waals surface area contributed by atoms with Gasteiger partial charge < -0.3 is 0 Å². The van der Waals surface area contributed by atoms with Gasteiger partial charge in [-0.25, -0.2) is 0 Å². The Morgan fingerprint density at radius 1 is 0.321 bits per heavy atom. The number of benzene rings is 3. The molecule has 0 heterocycles. The zero-order valence-electron chi connectivity index (χ0n) is 19.6. The Labute approximate surface area is 173 Å². The minimum atomic E-state index is 1.35. The van der Waals surface area contributed by atoms with E-state index in [9.17, 15) is 0 Å². The minimum absolute atomic E-state index is 1.35. The van der Waals surface area contributed by atoms with E-state index in [-0.39, 0.29) is 0 Å². The van der Waals surface area contributed by atoms with Gasteiger partial charge in [0.25, 0.3) is 0 Å². The van der Waals surface area contributed by atoms with Crippen LogP contribution in [0.4, 0.5) is 0 Å². The first-order chi connectivity index (χ1) is 13.0. The first-order valence-corrected chi connectivity index (χ1v) is 10.1. The molecule has 0 aliphatic carbocycles. The van der Waals surface area contributed by atoms with E-state index in [4.69, 9.17) is 0 Å². The van der Waals surface area contributed by atoms with Gasteiger partial charge in [-0.3, -0.25) is 0 Å². The van der Waals surface area contributed by atoms with E-state index in [1.54, 1.807) is 0 Å². The van der Waals surface area contributed by atoms with Gasteiger partial charge in [-0.15, -0.1) is 0 Å². The summed E-state index contributed by atoms with van der Waals surface area (Å²) in [4.78, 5) is 0. The molecule has 0 spiro atoms. The van der Waals surface area contributed by atoms with Crippen LogP contribution < -0.4 is 0 Å². The summed E-state index contributed by atoms with van der Waals surface area (Å²) in [5.41, 5.74) is 13.9. The van der Waals surface area contributed by atoms with Crippen molar-refractivity contribution in [1.29, 1.82) is 0 Å². The lowest BCUT2D eigenvalue weighted by Gasteiger charge is -2.06. The van der Waals surface area contributed by atoms with Gasteiger partial charge in [0, 0.05) is 0 Å². The van der Waals surface area contributed by atoms with Gasteiger partial charge >= 0.3 is 0 Å². The molecule has 0 amide bonds. The molecule has 0 radical (unpaired) electrons. The second kappa shape index (κ2) is 10.9. The molecule has 0 atom stereocenters. The highest BCUT2D eigenvalue weighted by molar-refractivity contribution is 5.37. The molecule has 0 nitrogen and oxygen atoms in total. The van der Waals surface area contributed by atoms with Crippen LogP contribution in [0.25, 0.3) is 0 Å². The first-order valence-electron chi connectivity index (χ1n) is 10.1. The molecular weight excluding hydrogens is 336 g/mol. The molecule has 0 aliphatic heterocycles. The van der Waals surface area contributed by atoms with Crippen molar-refractivity contribution >= 4 is 0 Å². The van der Waals surface area contributed by atoms with Crippen LogP contribution >= 0.6 is 0 Å². The third-order valence-electron chi connectivity index (χ3n) is 5.65. The van der Waals surface area contributed by atoms with Crippen molar-refractivity contribution in [2.75, 3.05) is 0 Å². The van der Waals surface area contributed by atoms with Crippen molar-refractivity contribution in [3.05, 3.63) is 104 Å². The topological polar surface area (TPSA) is 0 Å². The minimum Gasteiger partial charge on any atom is -0.0590 e. The summed E-state index contributed by atoms with van der Waals surface area (Å²) in [5, 5.41) is 0. The Kier molecular flexibility index (Phi) is 9.19. The molecule has 3 rings (SSSR count). The highest BCUT2D eigenvalue weighted by atomic mass is 14.0. The lowest BCUT2D eigenvalue weighted by atomic mass is 10.0. The second-order valence-electron chi connectivity index (χ2n) is 8.12. The van der Waals surface area contributed by atoms with Crippen LogP contribution in [-0.4, -0.2) is 0 Å². The molecule has 0 aliphatic rings. The molecule has 0 saturated heterocycles. The lowest BCUT2D eigenvalue weighted by molar-refractivity contribution is 1.22. The molecule has 0 fully saturated rings. The van der Waals surface area contributed by atoms with Gasteiger partial charge in [0.2, 0.25) is 0 Å². The van der Waals surface area contributed by atoms with Gasteiger partial charge in [-0.05, 0) is 114 Å². The molecule has 150 valence electrons. The molecule has 3 aromatic carbocycles. The summed E-state index contributed by atoms with van der Waals surface area (Å²) < 4.78 is 0. The first kappa shape index (κ1) is 23.7. The Balaban J connectivity index is 0.000000210. The standard InChI is InChI=1S/C10H14.2C9H12/c1-7-5-6-8(2)10(4)9(7)3;2*1-7-4-5-8(2)9(3)6-7/h5-6H,1-4H3;2*4-6H,1-3H3. The van der Waals surface area contributed by atoms with Crippen LogP contribution in [0.1, 0.15) is 55.6 Å². The molecule has 28 heavy (non-hydrogen) atoms. The summed E-state index contributed by atoms with van der Waals surface area (Å²) in [6, 6.07) is 17.4. The number of hydrogen-bond acceptors (Lipinski definition) is 0. The molecule has 0 unspecified atom stereocenters. The third kappa shape index (κ3) is 7.35. The zero-order valence-corrected chi connectivity index (χ0v) is 19.6. The van der Waals surface area contributed by atoms with Crippen LogP contribution in [0.15, 0.2) is 48.5 Å². The second-order valence-corrected chi connectivity index (χ2v) is 8.12. The predicted octanol–water partition coefficient (Wildman–Crippen LogP) is 8.14. The van der Waals surface area contributed by atoms with Crippen molar-refractivity contribution in [3.63, 3.8) is 0 Å². The zero-order chi connectivity index (χ0) is 21.4. The Bertz CT molecular complexity index is 837. The number of hydrogen-bond donors (Lipinski definition) is 0. The van der Waals surface area contributed by atoms with E-state index in [0.29, 0.717) is 0 Å². The fraction of sp³-hybridized carbons (Fsp3) is 0.357. The van der Waals surface area contributed by atoms with Crippen molar-refractivity contribution < 1.29 is 0 Å². The summed E-state index contributed by atoms with van der Waals surface area (Å²) >= 11 is 0. The molecule has 0 bridgehead atoms. The monoisotopic (exact) mass is 374 g/mol. The summed E-state index contributed by atoms with van der Waals surface area (Å²) in [5.74, 6) is 0. The maximum Gasteiger partial charge on any atom is -0.0392 e. The van der Waals surface area contributed by atoms with Gasteiger partial charge in [0.15, 0.2) is 0 Å². The largest absolute Gasteiger partial charge is 0.0590 e. The average Bonchev–Trinajstić information content (AvgIpc) is 2.64. The fourth-order valence-corrected chi connectivity index (χ4v) is 2.87. The maximum absolute atomic E-state index is 2.20. The van der Waals surface area contributed by atoms with E-state index in [0.717, 1.165) is 0 Å². The van der Waals surface area contributed by atoms with Gasteiger partial charge in [-0.1, -0.05) is 59.7 Å². The highest BCUT2D eigenvalue weighted by Crippen LogP contribution is 2.15. The van der Waals surface area contributed by atoms with Crippen LogP contribution in [0.3, 0.4) is 0 Å². The normalized spacial score (nSPS) is 9.79. The van der Waals surface area contributed by atoms with E-state index < -0.39 is 0 Å². The Hall–Kier alpha value is -2.34. The molecule has 0 N–H and O–H groups in total. The van der Waals surface area contributed by atoms with Gasteiger partial charge in [0.1, 0.15) is 0 Å². The van der Waals surface area contributed by atoms with Crippen molar-refractivity contribution in [3.8, 4) is 0 Å². The van der Waals surface area contributed by atoms with Crippen LogP contribution in [0, 0.1) is 69.2 Å². The van der Waals surface area contributed by atoms with E-state index in [2.05, 4.69) is 118 Å². The third-order valence-corrected chi connectivity index (χ3v) is 5.65. The smallest absolute Gasteiger partial charge is 0.0392 e. The predicted molar refractivity (Wildman–Crippen MR) is 127 cm³/mol. The van der Waals surface area contributed by atoms with Crippen molar-refractivity contribution in [1.82, 2.24) is 0 Å². The van der Waals surface area contributed by atoms with Crippen LogP contribution in [-0.2, 0) is 0 Å². The molecule has 3 aromatic rings. The van der Waals surface area contributed by atoms with Crippen molar-refractivity contribution in [2.45, 2.75) is 69.2 Å². The van der Waals surface area contributed by atoms with E-state index in [1.807, 2.05) is 0 Å². The summed E-state index contributed by atoms with van der Waals surface area (Å²) in [7, 11) is 0. The lowest BCUT2D eigenvalue weighted by Crippen LogP contribution is -1.88. The van der Waals surface area contributed by atoms with Gasteiger partial charge in [-0.2, -0.15) is 0 Å². The quantitative estimate of drug-likeness (QED) is 0.372. The van der Waals surface area contributed by atoms with Crippen LogP contribution in [0.2, 0.25) is 0 Å². The Morgan fingerprint density at radius 2 is 0.607 bits per heavy atom. The Morgan fingerprint density at radius 3 is 0.857 bits per heavy atom. The molecule has 0 aromatic heterocycles. The summed E-state index contributed by atoms with van der Waals surface area (Å²) in [6.07, 6.45) is 0. The van der Waals surface area contributed by atoms with E-state index >= 15 is 0 Å². The maximum atomic E-state index is 2.20. The number of rotatable bonds is 0. The van der Waals surface area contributed by atoms with Crippen molar-refractivity contribution in [2.24, 2.45) is 0 Å². The fourth-order valence-electron chi connectivity index (χ4n) is 2.87. The molecular formula is C28H38. The SMILES string of the molecule is Cc1ccc(C)c(C)c1.Cc1ccc(C)c(C)c1.Cc1ccc(C)c(C)c1C. The molecule has 0 heteroatoms. The number of aryl methyl sites for hydroxylation is 8. The van der Waals surface area contributed by atoms with E-state index in [1.165, 1.54) is 55.6 Å². The van der Waals surface area contributed by atoms with Crippen LogP contribution in [0.5, 0.6) is 0 Å². The molecule has 0 saturated carbocycles. The average molecular weight is 375 g/mol. The highest BCUT2D eigenvalue weighted by Gasteiger charge is 1.97. The summed E-state index contributed by atoms with van der Waals surface area (Å²) in [6.45, 7) is 21.5. The van der Waals surface area contributed by atoms with Gasteiger partial charge in [0.05, 0.1) is 0 Å².